The van der Waals surface area contributed by atoms with Gasteiger partial charge in [-0.3, -0.25) is 9.36 Å². The fraction of sp³-hybridized carbons (Fsp3) is 0.130. The molecule has 1 amide bonds. The molecule has 3 aromatic carbocycles. The average Bonchev–Trinajstić information content (AvgIpc) is 3.16. The van der Waals surface area contributed by atoms with E-state index in [2.05, 4.69) is 10.3 Å². The lowest BCUT2D eigenvalue weighted by Crippen LogP contribution is -2.22. The lowest BCUT2D eigenvalue weighted by molar-refractivity contribution is 0.0951. The molecule has 0 spiro atoms. The maximum atomic E-state index is 13.0. The molecule has 0 saturated heterocycles. The van der Waals surface area contributed by atoms with Gasteiger partial charge in [0.15, 0.2) is 0 Å². The summed E-state index contributed by atoms with van der Waals surface area (Å²) in [7, 11) is 1.64. The van der Waals surface area contributed by atoms with Gasteiger partial charge in [-0.05, 0) is 60.5 Å². The molecule has 6 heteroatoms. The molecule has 1 N–H and O–H groups in total. The van der Waals surface area contributed by atoms with Crippen molar-refractivity contribution >= 4 is 16.9 Å². The Morgan fingerprint density at radius 3 is 2.66 bits per heavy atom. The molecule has 29 heavy (non-hydrogen) atoms. The Bertz CT molecular complexity index is 1180. The van der Waals surface area contributed by atoms with E-state index in [1.165, 1.54) is 12.1 Å². The van der Waals surface area contributed by atoms with Crippen molar-refractivity contribution < 1.29 is 13.9 Å². The van der Waals surface area contributed by atoms with Crippen LogP contribution in [0.5, 0.6) is 5.75 Å². The third-order valence-electron chi connectivity index (χ3n) is 4.77. The zero-order chi connectivity index (χ0) is 20.4. The molecule has 0 atom stereocenters. The Balaban J connectivity index is 1.59. The number of halogens is 1. The topological polar surface area (TPSA) is 56.2 Å². The minimum absolute atomic E-state index is 0.209. The zero-order valence-electron chi connectivity index (χ0n) is 16.1. The summed E-state index contributed by atoms with van der Waals surface area (Å²) in [5.74, 6) is 0.237. The van der Waals surface area contributed by atoms with Gasteiger partial charge in [0.1, 0.15) is 17.9 Å². The van der Waals surface area contributed by atoms with Gasteiger partial charge in [0.25, 0.3) is 5.91 Å². The Morgan fingerprint density at radius 2 is 1.90 bits per heavy atom. The number of benzene rings is 3. The van der Waals surface area contributed by atoms with Crippen LogP contribution in [-0.2, 0) is 6.54 Å². The molecule has 0 aliphatic carbocycles. The van der Waals surface area contributed by atoms with Crippen molar-refractivity contribution in [3.8, 4) is 11.4 Å². The summed E-state index contributed by atoms with van der Waals surface area (Å²) < 4.78 is 20.4. The highest BCUT2D eigenvalue weighted by Crippen LogP contribution is 2.27. The van der Waals surface area contributed by atoms with Crippen molar-refractivity contribution in [3.05, 3.63) is 89.5 Å². The van der Waals surface area contributed by atoms with Gasteiger partial charge in [0, 0.05) is 12.1 Å². The van der Waals surface area contributed by atoms with Crippen molar-refractivity contribution in [1.82, 2.24) is 14.9 Å². The average molecular weight is 389 g/mol. The van der Waals surface area contributed by atoms with E-state index in [0.29, 0.717) is 17.6 Å². The zero-order valence-corrected chi connectivity index (χ0v) is 16.1. The van der Waals surface area contributed by atoms with Gasteiger partial charge in [-0.1, -0.05) is 18.2 Å². The molecule has 0 saturated carbocycles. The van der Waals surface area contributed by atoms with Crippen LogP contribution in [0.3, 0.4) is 0 Å². The number of methoxy groups -OCH3 is 1. The van der Waals surface area contributed by atoms with E-state index in [4.69, 9.17) is 4.74 Å². The number of aromatic nitrogens is 2. The molecular weight excluding hydrogens is 369 g/mol. The highest BCUT2D eigenvalue weighted by Gasteiger charge is 2.13. The first-order valence-corrected chi connectivity index (χ1v) is 9.20. The van der Waals surface area contributed by atoms with E-state index in [9.17, 15) is 9.18 Å². The van der Waals surface area contributed by atoms with Gasteiger partial charge >= 0.3 is 0 Å². The van der Waals surface area contributed by atoms with Gasteiger partial charge in [0.2, 0.25) is 0 Å². The predicted octanol–water partition coefficient (Wildman–Crippen LogP) is 4.41. The third-order valence-corrected chi connectivity index (χ3v) is 4.77. The number of amides is 1. The normalized spacial score (nSPS) is 10.9. The largest absolute Gasteiger partial charge is 0.495 e. The second kappa shape index (κ2) is 7.75. The molecule has 0 bridgehead atoms. The fourth-order valence-electron chi connectivity index (χ4n) is 3.22. The summed E-state index contributed by atoms with van der Waals surface area (Å²) in [4.78, 5) is 17.0. The second-order valence-corrected chi connectivity index (χ2v) is 6.80. The Morgan fingerprint density at radius 1 is 1.10 bits per heavy atom. The number of ether oxygens (including phenoxy) is 1. The van der Waals surface area contributed by atoms with Crippen molar-refractivity contribution in [2.24, 2.45) is 0 Å². The lowest BCUT2D eigenvalue weighted by atomic mass is 10.1. The maximum Gasteiger partial charge on any atom is 0.251 e. The summed E-state index contributed by atoms with van der Waals surface area (Å²) >= 11 is 0. The van der Waals surface area contributed by atoms with E-state index < -0.39 is 0 Å². The summed E-state index contributed by atoms with van der Waals surface area (Å²) in [6.07, 6.45) is 1.72. The van der Waals surface area contributed by atoms with Crippen LogP contribution >= 0.6 is 0 Å². The van der Waals surface area contributed by atoms with Gasteiger partial charge in [-0.25, -0.2) is 9.37 Å². The molecule has 4 rings (SSSR count). The molecular formula is C23H20FN3O2. The maximum absolute atomic E-state index is 13.0. The minimum atomic E-state index is -0.300. The lowest BCUT2D eigenvalue weighted by Gasteiger charge is -2.11. The molecule has 5 nitrogen and oxygen atoms in total. The number of hydrogen-bond acceptors (Lipinski definition) is 3. The van der Waals surface area contributed by atoms with Crippen LogP contribution in [0.1, 0.15) is 21.5 Å². The monoisotopic (exact) mass is 389 g/mol. The van der Waals surface area contributed by atoms with Crippen LogP contribution in [0.25, 0.3) is 16.7 Å². The molecule has 0 unspecified atom stereocenters. The predicted molar refractivity (Wildman–Crippen MR) is 110 cm³/mol. The Kier molecular flexibility index (Phi) is 4.99. The molecule has 0 aliphatic rings. The molecule has 1 aromatic heterocycles. The first kappa shape index (κ1) is 18.7. The summed E-state index contributed by atoms with van der Waals surface area (Å²) in [6.45, 7) is 2.34. The molecule has 0 fully saturated rings. The molecule has 4 aromatic rings. The van der Waals surface area contributed by atoms with Crippen molar-refractivity contribution in [3.63, 3.8) is 0 Å². The first-order chi connectivity index (χ1) is 14.0. The van der Waals surface area contributed by atoms with E-state index >= 15 is 0 Å². The number of carbonyl (C=O) groups excluding carboxylic acids is 1. The standard InChI is InChI=1S/C23H20FN3O2/c1-15-3-10-22(29-2)21(11-15)27-14-26-19-12-17(6-9-20(19)27)23(28)25-13-16-4-7-18(24)8-5-16/h3-12,14H,13H2,1-2H3,(H,25,28). The highest BCUT2D eigenvalue weighted by atomic mass is 19.1. The SMILES string of the molecule is COc1ccc(C)cc1-n1cnc2cc(C(=O)NCc3ccc(F)cc3)ccc21. The van der Waals surface area contributed by atoms with E-state index in [1.54, 1.807) is 37.7 Å². The molecule has 1 heterocycles. The van der Waals surface area contributed by atoms with Crippen LogP contribution < -0.4 is 10.1 Å². The minimum Gasteiger partial charge on any atom is -0.495 e. The number of imidazole rings is 1. The van der Waals surface area contributed by atoms with Crippen molar-refractivity contribution in [1.29, 1.82) is 0 Å². The number of rotatable bonds is 5. The van der Waals surface area contributed by atoms with Crippen LogP contribution in [0.4, 0.5) is 4.39 Å². The van der Waals surface area contributed by atoms with Gasteiger partial charge in [0.05, 0.1) is 23.8 Å². The second-order valence-electron chi connectivity index (χ2n) is 6.80. The number of hydrogen-bond donors (Lipinski definition) is 1. The number of aryl methyl sites for hydroxylation is 1. The van der Waals surface area contributed by atoms with Crippen LogP contribution in [-0.4, -0.2) is 22.6 Å². The van der Waals surface area contributed by atoms with Gasteiger partial charge in [-0.2, -0.15) is 0 Å². The van der Waals surface area contributed by atoms with Crippen molar-refractivity contribution in [2.75, 3.05) is 7.11 Å². The van der Waals surface area contributed by atoms with E-state index in [0.717, 1.165) is 28.1 Å². The van der Waals surface area contributed by atoms with Gasteiger partial charge < -0.3 is 10.1 Å². The van der Waals surface area contributed by atoms with E-state index in [1.807, 2.05) is 35.8 Å². The van der Waals surface area contributed by atoms with Crippen molar-refractivity contribution in [2.45, 2.75) is 13.5 Å². The smallest absolute Gasteiger partial charge is 0.251 e. The number of nitrogens with one attached hydrogen (secondary N) is 1. The molecule has 0 radical (unpaired) electrons. The van der Waals surface area contributed by atoms with Crippen LogP contribution in [0.15, 0.2) is 67.0 Å². The van der Waals surface area contributed by atoms with Crippen LogP contribution in [0.2, 0.25) is 0 Å². The number of nitrogens with zero attached hydrogens (tertiary/aromatic N) is 2. The summed E-state index contributed by atoms with van der Waals surface area (Å²) in [5, 5.41) is 2.85. The fourth-order valence-corrected chi connectivity index (χ4v) is 3.22. The summed E-state index contributed by atoms with van der Waals surface area (Å²) in [5.41, 5.74) is 4.94. The first-order valence-electron chi connectivity index (χ1n) is 9.20. The van der Waals surface area contributed by atoms with Crippen LogP contribution in [0, 0.1) is 12.7 Å². The Labute approximate surface area is 167 Å². The Hall–Kier alpha value is -3.67. The quantitative estimate of drug-likeness (QED) is 0.550. The molecule has 0 aliphatic heterocycles. The third kappa shape index (κ3) is 3.82. The summed E-state index contributed by atoms with van der Waals surface area (Å²) in [6, 6.07) is 17.4. The number of fused-ring (bicyclic) bond motifs is 1. The highest BCUT2D eigenvalue weighted by molar-refractivity contribution is 5.97. The number of carbonyl (C=O) groups is 1. The van der Waals surface area contributed by atoms with Gasteiger partial charge in [-0.15, -0.1) is 0 Å². The van der Waals surface area contributed by atoms with E-state index in [-0.39, 0.29) is 11.7 Å². The molecule has 146 valence electrons.